The first-order chi connectivity index (χ1) is 9.22. The van der Waals surface area contributed by atoms with Crippen LogP contribution in [0.15, 0.2) is 28.7 Å². The van der Waals surface area contributed by atoms with Gasteiger partial charge in [-0.3, -0.25) is 4.79 Å². The Morgan fingerprint density at radius 1 is 1.21 bits per heavy atom. The molecule has 0 unspecified atom stereocenters. The fourth-order valence-corrected chi connectivity index (χ4v) is 2.18. The van der Waals surface area contributed by atoms with Gasteiger partial charge in [0.05, 0.1) is 0 Å². The minimum Gasteiger partial charge on any atom is -0.450 e. The number of benzene rings is 1. The van der Waals surface area contributed by atoms with Crippen LogP contribution in [0.3, 0.4) is 0 Å². The fraction of sp³-hybridized carbons (Fsp3) is 0.438. The molecule has 2 nitrogen and oxygen atoms in total. The Morgan fingerprint density at radius 3 is 2.74 bits per heavy atom. The lowest BCUT2D eigenvalue weighted by atomic mass is 10.1. The number of carbonyl (C=O) groups is 1. The van der Waals surface area contributed by atoms with Crippen molar-refractivity contribution in [2.45, 2.75) is 45.4 Å². The molecule has 0 spiro atoms. The van der Waals surface area contributed by atoms with Crippen LogP contribution < -0.4 is 0 Å². The second kappa shape index (κ2) is 6.50. The number of Topliss-reactive ketones (excluding diaryl/α,β-unsaturated/α-hetero) is 1. The summed E-state index contributed by atoms with van der Waals surface area (Å²) >= 11 is 0. The summed E-state index contributed by atoms with van der Waals surface area (Å²) in [4.78, 5) is 11.9. The van der Waals surface area contributed by atoms with Crippen molar-refractivity contribution in [2.75, 3.05) is 0 Å². The van der Waals surface area contributed by atoms with Crippen molar-refractivity contribution in [3.8, 4) is 0 Å². The molecule has 0 amide bonds. The SMILES string of the molecule is CCCCCCCC(=O)c1cc2cccc(F)c2o1. The number of furan rings is 1. The number of rotatable bonds is 7. The highest BCUT2D eigenvalue weighted by atomic mass is 19.1. The van der Waals surface area contributed by atoms with Gasteiger partial charge in [0, 0.05) is 11.8 Å². The van der Waals surface area contributed by atoms with Gasteiger partial charge in [-0.05, 0) is 18.6 Å². The molecule has 3 heteroatoms. The molecule has 0 fully saturated rings. The molecule has 0 aliphatic heterocycles. The first-order valence-corrected chi connectivity index (χ1v) is 6.93. The van der Waals surface area contributed by atoms with Crippen LogP contribution in [0.1, 0.15) is 56.0 Å². The van der Waals surface area contributed by atoms with E-state index in [0.717, 1.165) is 12.8 Å². The van der Waals surface area contributed by atoms with Crippen LogP contribution in [0.4, 0.5) is 4.39 Å². The molecule has 0 N–H and O–H groups in total. The third-order valence-corrected chi connectivity index (χ3v) is 3.28. The van der Waals surface area contributed by atoms with E-state index in [2.05, 4.69) is 6.92 Å². The van der Waals surface area contributed by atoms with Gasteiger partial charge in [0.15, 0.2) is 22.9 Å². The molecule has 1 heterocycles. The number of halogens is 1. The molecule has 1 aromatic heterocycles. The Kier molecular flexibility index (Phi) is 4.72. The van der Waals surface area contributed by atoms with Gasteiger partial charge >= 0.3 is 0 Å². The maximum absolute atomic E-state index is 13.4. The van der Waals surface area contributed by atoms with E-state index in [4.69, 9.17) is 4.42 Å². The molecule has 0 atom stereocenters. The number of para-hydroxylation sites is 1. The van der Waals surface area contributed by atoms with Crippen molar-refractivity contribution in [1.82, 2.24) is 0 Å². The number of fused-ring (bicyclic) bond motifs is 1. The Bertz CT molecular complexity index is 557. The predicted octanol–water partition coefficient (Wildman–Crippen LogP) is 5.12. The van der Waals surface area contributed by atoms with Crippen LogP contribution in [0, 0.1) is 5.82 Å². The second-order valence-electron chi connectivity index (χ2n) is 4.86. The topological polar surface area (TPSA) is 30.2 Å². The normalized spacial score (nSPS) is 11.1. The van der Waals surface area contributed by atoms with Gasteiger partial charge in [-0.25, -0.2) is 4.39 Å². The molecule has 0 bridgehead atoms. The number of carbonyl (C=O) groups excluding carboxylic acids is 1. The van der Waals surface area contributed by atoms with E-state index in [-0.39, 0.29) is 17.1 Å². The first-order valence-electron chi connectivity index (χ1n) is 6.93. The molecular weight excluding hydrogens is 243 g/mol. The summed E-state index contributed by atoms with van der Waals surface area (Å²) in [5, 5.41) is 0.648. The first kappa shape index (κ1) is 13.8. The lowest BCUT2D eigenvalue weighted by Crippen LogP contribution is -1.96. The Hall–Kier alpha value is -1.64. The molecular formula is C16H19FO2. The number of unbranched alkanes of at least 4 members (excludes halogenated alkanes) is 4. The summed E-state index contributed by atoms with van der Waals surface area (Å²) in [5.74, 6) is -0.179. The zero-order valence-electron chi connectivity index (χ0n) is 11.2. The Balaban J connectivity index is 1.96. The smallest absolute Gasteiger partial charge is 0.198 e. The van der Waals surface area contributed by atoms with Gasteiger partial charge in [0.2, 0.25) is 0 Å². The van der Waals surface area contributed by atoms with Crippen LogP contribution in [0.25, 0.3) is 11.0 Å². The van der Waals surface area contributed by atoms with Crippen LogP contribution in [0.2, 0.25) is 0 Å². The van der Waals surface area contributed by atoms with E-state index in [0.29, 0.717) is 11.8 Å². The maximum atomic E-state index is 13.4. The lowest BCUT2D eigenvalue weighted by molar-refractivity contribution is 0.0954. The quantitative estimate of drug-likeness (QED) is 0.512. The summed E-state index contributed by atoms with van der Waals surface area (Å²) in [5.41, 5.74) is 0.178. The van der Waals surface area contributed by atoms with Crippen molar-refractivity contribution < 1.29 is 13.6 Å². The van der Waals surface area contributed by atoms with Crippen LogP contribution in [-0.4, -0.2) is 5.78 Å². The van der Waals surface area contributed by atoms with Crippen LogP contribution in [-0.2, 0) is 0 Å². The monoisotopic (exact) mass is 262 g/mol. The maximum Gasteiger partial charge on any atom is 0.198 e. The van der Waals surface area contributed by atoms with Crippen molar-refractivity contribution in [3.63, 3.8) is 0 Å². The van der Waals surface area contributed by atoms with E-state index in [1.165, 1.54) is 25.3 Å². The highest BCUT2D eigenvalue weighted by Gasteiger charge is 2.13. The lowest BCUT2D eigenvalue weighted by Gasteiger charge is -1.98. The summed E-state index contributed by atoms with van der Waals surface area (Å²) in [7, 11) is 0. The van der Waals surface area contributed by atoms with Gasteiger partial charge in [0.25, 0.3) is 0 Å². The summed E-state index contributed by atoms with van der Waals surface area (Å²) < 4.78 is 18.8. The van der Waals surface area contributed by atoms with Crippen molar-refractivity contribution in [3.05, 3.63) is 35.8 Å². The van der Waals surface area contributed by atoms with Crippen molar-refractivity contribution in [2.24, 2.45) is 0 Å². The molecule has 1 aromatic carbocycles. The van der Waals surface area contributed by atoms with Crippen molar-refractivity contribution >= 4 is 16.8 Å². The minimum atomic E-state index is -0.417. The van der Waals surface area contributed by atoms with E-state index < -0.39 is 5.82 Å². The molecule has 0 saturated heterocycles. The zero-order chi connectivity index (χ0) is 13.7. The highest BCUT2D eigenvalue weighted by Crippen LogP contribution is 2.23. The van der Waals surface area contributed by atoms with Gasteiger partial charge in [0.1, 0.15) is 0 Å². The number of ketones is 1. The molecule has 19 heavy (non-hydrogen) atoms. The number of hydrogen-bond donors (Lipinski definition) is 0. The van der Waals surface area contributed by atoms with Crippen molar-refractivity contribution in [1.29, 1.82) is 0 Å². The third-order valence-electron chi connectivity index (χ3n) is 3.28. The molecule has 102 valence electrons. The standard InChI is InChI=1S/C16H19FO2/c1-2-3-4-5-6-10-14(18)15-11-12-8-7-9-13(17)16(12)19-15/h7-9,11H,2-6,10H2,1H3. The molecule has 0 radical (unpaired) electrons. The predicted molar refractivity (Wildman–Crippen MR) is 73.9 cm³/mol. The van der Waals surface area contributed by atoms with Crippen LogP contribution >= 0.6 is 0 Å². The fourth-order valence-electron chi connectivity index (χ4n) is 2.18. The molecule has 0 aliphatic rings. The average molecular weight is 262 g/mol. The summed E-state index contributed by atoms with van der Waals surface area (Å²) in [6.07, 6.45) is 5.98. The van der Waals surface area contributed by atoms with Gasteiger partial charge in [-0.2, -0.15) is 0 Å². The van der Waals surface area contributed by atoms with E-state index >= 15 is 0 Å². The zero-order valence-corrected chi connectivity index (χ0v) is 11.2. The summed E-state index contributed by atoms with van der Waals surface area (Å²) in [6.45, 7) is 2.16. The summed E-state index contributed by atoms with van der Waals surface area (Å²) in [6, 6.07) is 6.34. The van der Waals surface area contributed by atoms with E-state index in [9.17, 15) is 9.18 Å². The second-order valence-corrected chi connectivity index (χ2v) is 4.86. The Labute approximate surface area is 112 Å². The molecule has 0 saturated carbocycles. The largest absolute Gasteiger partial charge is 0.450 e. The van der Waals surface area contributed by atoms with Gasteiger partial charge in [-0.1, -0.05) is 44.7 Å². The minimum absolute atomic E-state index is 0.0351. The Morgan fingerprint density at radius 2 is 2.00 bits per heavy atom. The average Bonchev–Trinajstić information content (AvgIpc) is 2.84. The van der Waals surface area contributed by atoms with Crippen LogP contribution in [0.5, 0.6) is 0 Å². The number of hydrogen-bond acceptors (Lipinski definition) is 2. The van der Waals surface area contributed by atoms with Gasteiger partial charge < -0.3 is 4.42 Å². The van der Waals surface area contributed by atoms with E-state index in [1.807, 2.05) is 0 Å². The molecule has 2 aromatic rings. The third kappa shape index (κ3) is 3.43. The van der Waals surface area contributed by atoms with E-state index in [1.54, 1.807) is 18.2 Å². The molecule has 0 aliphatic carbocycles. The van der Waals surface area contributed by atoms with Gasteiger partial charge in [-0.15, -0.1) is 0 Å². The highest BCUT2D eigenvalue weighted by molar-refractivity contribution is 5.97. The molecule has 2 rings (SSSR count).